The topological polar surface area (TPSA) is 203 Å². The Morgan fingerprint density at radius 2 is 1.31 bits per heavy atom. The minimum atomic E-state index is -1.54. The predicted molar refractivity (Wildman–Crippen MR) is 262 cm³/mol. The second kappa shape index (κ2) is 29.4. The third-order valence-electron chi connectivity index (χ3n) is 10.0. The zero-order valence-corrected chi connectivity index (χ0v) is 44.6. The smallest absolute Gasteiger partial charge is 0.338 e. The summed E-state index contributed by atoms with van der Waals surface area (Å²) in [5.41, 5.74) is -2.11. The van der Waals surface area contributed by atoms with Gasteiger partial charge in [-0.3, -0.25) is 4.79 Å². The molecule has 1 aromatic rings. The van der Waals surface area contributed by atoms with Crippen LogP contribution in [0.15, 0.2) is 24.3 Å². The molecule has 0 amide bonds. The van der Waals surface area contributed by atoms with Crippen molar-refractivity contribution in [2.24, 2.45) is 0 Å². The first-order chi connectivity index (χ1) is 30.0. The zero-order valence-electron chi connectivity index (χ0n) is 43.8. The highest BCUT2D eigenvalue weighted by atomic mass is 32.3. The van der Waals surface area contributed by atoms with Gasteiger partial charge >= 0.3 is 5.97 Å². The third kappa shape index (κ3) is 21.5. The van der Waals surface area contributed by atoms with Crippen LogP contribution in [-0.4, -0.2) is 168 Å². The Labute approximate surface area is 394 Å². The number of aliphatic hydroxyl groups excluding tert-OH is 4. The predicted octanol–water partition coefficient (Wildman–Crippen LogP) is 6.56. The second-order valence-electron chi connectivity index (χ2n) is 18.7. The van der Waals surface area contributed by atoms with Gasteiger partial charge < -0.3 is 63.6 Å². The van der Waals surface area contributed by atoms with Crippen LogP contribution in [0.2, 0.25) is 0 Å². The number of ether oxygens (including phenoxy) is 7. The number of carbonyl (C=O) groups excluding carboxylic acids is 1. The monoisotopic (exact) mass is 950 g/mol. The van der Waals surface area contributed by atoms with E-state index in [0.717, 1.165) is 11.3 Å². The molecule has 3 rings (SSSR count). The SMILES string of the molecule is CC.CC.CC.COC(C)(C)C1OC(C(=O)OCc2cccc(N(C)C)c2)[C@@H](OC(C)(C)CCOC(C)(C)C2OC(CC#CS(C)(C)C)[C@@H](OC(C)(C)C)C(O)C2O)C(O)C1O.O=CO. The van der Waals surface area contributed by atoms with Gasteiger partial charge in [-0.05, 0) is 105 Å². The van der Waals surface area contributed by atoms with Crippen molar-refractivity contribution in [2.45, 2.75) is 207 Å². The van der Waals surface area contributed by atoms with Gasteiger partial charge in [0.05, 0.1) is 35.1 Å². The lowest BCUT2D eigenvalue weighted by Gasteiger charge is -2.49. The number of hydrogen-bond acceptors (Lipinski definition) is 14. The number of aliphatic hydroxyl groups is 4. The Morgan fingerprint density at radius 3 is 1.78 bits per heavy atom. The first kappa shape index (κ1) is 64.6. The van der Waals surface area contributed by atoms with E-state index in [9.17, 15) is 25.2 Å². The van der Waals surface area contributed by atoms with Crippen molar-refractivity contribution in [2.75, 3.05) is 51.5 Å². The van der Waals surface area contributed by atoms with Crippen molar-refractivity contribution in [3.63, 3.8) is 0 Å². The summed E-state index contributed by atoms with van der Waals surface area (Å²) in [6.07, 6.45) is -4.92. The van der Waals surface area contributed by atoms with Gasteiger partial charge in [0.25, 0.3) is 6.47 Å². The Bertz CT molecular complexity index is 1550. The van der Waals surface area contributed by atoms with E-state index < -0.39 is 99.4 Å². The quantitative estimate of drug-likeness (QED) is 0.0719. The molecule has 10 atom stereocenters. The first-order valence-corrected chi connectivity index (χ1v) is 25.6. The van der Waals surface area contributed by atoms with Gasteiger partial charge in [-0.1, -0.05) is 64.8 Å². The summed E-state index contributed by atoms with van der Waals surface area (Å²) < 4.78 is 42.9. The summed E-state index contributed by atoms with van der Waals surface area (Å²) in [4.78, 5) is 24.0. The molecule has 15 nitrogen and oxygen atoms in total. The summed E-state index contributed by atoms with van der Waals surface area (Å²) in [6, 6.07) is 7.55. The molecule has 16 heteroatoms. The Hall–Kier alpha value is -2.53. The van der Waals surface area contributed by atoms with Gasteiger partial charge in [-0.15, -0.1) is 0 Å². The fourth-order valence-corrected chi connectivity index (χ4v) is 7.22. The van der Waals surface area contributed by atoms with Crippen LogP contribution in [0.4, 0.5) is 5.69 Å². The molecule has 1 aromatic carbocycles. The van der Waals surface area contributed by atoms with Crippen LogP contribution in [-0.2, 0) is 49.4 Å². The molecule has 8 unspecified atom stereocenters. The number of carboxylic acid groups (broad SMARTS) is 1. The lowest BCUT2D eigenvalue weighted by Crippen LogP contribution is -2.66. The van der Waals surface area contributed by atoms with Crippen LogP contribution >= 0.6 is 10.0 Å². The van der Waals surface area contributed by atoms with E-state index in [1.54, 1.807) is 41.5 Å². The van der Waals surface area contributed by atoms with E-state index in [1.807, 2.05) is 106 Å². The van der Waals surface area contributed by atoms with Crippen molar-refractivity contribution in [1.82, 2.24) is 0 Å². The molecule has 65 heavy (non-hydrogen) atoms. The molecule has 0 aromatic heterocycles. The summed E-state index contributed by atoms with van der Waals surface area (Å²) >= 11 is 0. The fraction of sp³-hybridized carbons (Fsp3) is 0.796. The minimum absolute atomic E-state index is 0.0473. The molecule has 0 bridgehead atoms. The number of methoxy groups -OCH3 is 1. The van der Waals surface area contributed by atoms with Crippen molar-refractivity contribution < 1.29 is 68.3 Å². The Balaban J connectivity index is 0. The number of benzene rings is 1. The lowest BCUT2D eigenvalue weighted by molar-refractivity contribution is -0.292. The Kier molecular flexibility index (Phi) is 29.2. The molecular formula is C49H91NO14S. The normalized spacial score (nSPS) is 26.0. The van der Waals surface area contributed by atoms with E-state index in [-0.39, 0.29) is 26.1 Å². The molecule has 2 aliphatic heterocycles. The van der Waals surface area contributed by atoms with E-state index in [2.05, 4.69) is 29.9 Å². The van der Waals surface area contributed by atoms with Crippen LogP contribution in [0.5, 0.6) is 0 Å². The molecule has 2 aliphatic rings. The standard InChI is InChI=1S/C42H71NO12S.3C2H6.CH2O2/c1-39(2,3)54-33-28(20-17-23-56(13,14)15)52-37(31(46)29(33)44)42(8,9)51-22-21-40(4,5)55-34-30(45)32(47)36(41(6,7)49-12)53-35(34)38(48)50-25-26-18-16-19-27(24-26)43(10)11;3*1-2;2-1-3/h16,18-19,24,28-37,44-47H,20-22,25H2,1-15H3;3*1-2H3;1H,(H,2,3)/t28?,29?,30?,31?,32?,33-,34+,35?,36?,37?;;;;/m1..../s1. The number of hydrogen-bond donors (Lipinski definition) is 5. The highest BCUT2D eigenvalue weighted by Crippen LogP contribution is 2.38. The van der Waals surface area contributed by atoms with E-state index in [4.69, 9.17) is 43.1 Å². The van der Waals surface area contributed by atoms with Crippen molar-refractivity contribution >= 4 is 28.2 Å². The van der Waals surface area contributed by atoms with Crippen molar-refractivity contribution in [3.8, 4) is 11.2 Å². The maximum absolute atomic E-state index is 13.7. The number of nitrogens with zero attached hydrogens (tertiary/aromatic N) is 1. The summed E-state index contributed by atoms with van der Waals surface area (Å²) in [7, 11) is 4.19. The molecule has 5 N–H and O–H groups in total. The largest absolute Gasteiger partial charge is 0.483 e. The van der Waals surface area contributed by atoms with Crippen LogP contribution in [0.1, 0.15) is 122 Å². The van der Waals surface area contributed by atoms with Gasteiger partial charge in [-0.2, -0.15) is 10.0 Å². The molecule has 2 heterocycles. The third-order valence-corrected chi connectivity index (χ3v) is 10.8. The fourth-order valence-electron chi connectivity index (χ4n) is 6.70. The van der Waals surface area contributed by atoms with Crippen LogP contribution in [0.25, 0.3) is 0 Å². The Morgan fingerprint density at radius 1 is 0.800 bits per heavy atom. The molecular weight excluding hydrogens is 859 g/mol. The van der Waals surface area contributed by atoms with Gasteiger partial charge in [0, 0.05) is 33.3 Å². The number of rotatable bonds is 15. The van der Waals surface area contributed by atoms with E-state index in [0.29, 0.717) is 6.42 Å². The van der Waals surface area contributed by atoms with Crippen LogP contribution in [0.3, 0.4) is 0 Å². The maximum Gasteiger partial charge on any atom is 0.338 e. The van der Waals surface area contributed by atoms with Crippen LogP contribution in [0, 0.1) is 11.2 Å². The minimum Gasteiger partial charge on any atom is -0.483 e. The maximum atomic E-state index is 13.7. The van der Waals surface area contributed by atoms with Crippen LogP contribution < -0.4 is 4.90 Å². The molecule has 0 saturated carbocycles. The average Bonchev–Trinajstić information content (AvgIpc) is 3.22. The summed E-state index contributed by atoms with van der Waals surface area (Å²) in [6.45, 7) is 27.9. The zero-order chi connectivity index (χ0) is 51.3. The summed E-state index contributed by atoms with van der Waals surface area (Å²) in [5, 5.41) is 55.6. The molecule has 0 radical (unpaired) electrons. The molecule has 2 saturated heterocycles. The first-order valence-electron chi connectivity index (χ1n) is 22.8. The number of esters is 1. The summed E-state index contributed by atoms with van der Waals surface area (Å²) in [5.74, 6) is 2.45. The highest BCUT2D eigenvalue weighted by Gasteiger charge is 2.55. The van der Waals surface area contributed by atoms with Gasteiger partial charge in [0.1, 0.15) is 55.4 Å². The van der Waals surface area contributed by atoms with Gasteiger partial charge in [-0.25, -0.2) is 4.79 Å². The molecule has 2 fully saturated rings. The lowest BCUT2D eigenvalue weighted by atomic mass is 9.85. The molecule has 0 spiro atoms. The second-order valence-corrected chi connectivity index (χ2v) is 22.6. The van der Waals surface area contributed by atoms with E-state index >= 15 is 0 Å². The average molecular weight is 950 g/mol. The van der Waals surface area contributed by atoms with Crippen molar-refractivity contribution in [3.05, 3.63) is 29.8 Å². The number of anilines is 1. The van der Waals surface area contributed by atoms with Gasteiger partial charge in [0.2, 0.25) is 0 Å². The molecule has 382 valence electrons. The highest BCUT2D eigenvalue weighted by molar-refractivity contribution is 8.35. The molecule has 0 aliphatic carbocycles. The van der Waals surface area contributed by atoms with Crippen molar-refractivity contribution in [1.29, 1.82) is 0 Å². The number of carbonyl (C=O) groups is 2. The van der Waals surface area contributed by atoms with Gasteiger partial charge in [0.15, 0.2) is 6.10 Å². The van der Waals surface area contributed by atoms with E-state index in [1.165, 1.54) is 7.11 Å².